The smallest absolute Gasteiger partial charge is 0.490 e. The van der Waals surface area contributed by atoms with Crippen molar-refractivity contribution in [3.63, 3.8) is 0 Å². The average molecular weight is 490 g/mol. The molecule has 0 saturated carbocycles. The molecule has 0 spiro atoms. The fraction of sp³-hybridized carbons (Fsp3) is 0.273. The summed E-state index contributed by atoms with van der Waals surface area (Å²) in [5.41, 5.74) is 9.42. The van der Waals surface area contributed by atoms with Gasteiger partial charge in [-0.05, 0) is 44.1 Å². The van der Waals surface area contributed by atoms with Crippen molar-refractivity contribution in [2.24, 2.45) is 0 Å². The van der Waals surface area contributed by atoms with Crippen LogP contribution in [0.2, 0.25) is 0 Å². The van der Waals surface area contributed by atoms with Crippen LogP contribution < -0.4 is 11.1 Å². The van der Waals surface area contributed by atoms with E-state index in [1.165, 1.54) is 0 Å². The van der Waals surface area contributed by atoms with Crippen LogP contribution in [0.5, 0.6) is 5.75 Å². The molecule has 1 saturated heterocycles. The fourth-order valence-corrected chi connectivity index (χ4v) is 3.61. The summed E-state index contributed by atoms with van der Waals surface area (Å²) >= 11 is 0. The minimum atomic E-state index is -5.08. The molecular weight excluding hydrogens is 469 g/mol. The van der Waals surface area contributed by atoms with Gasteiger partial charge in [-0.15, -0.1) is 0 Å². The van der Waals surface area contributed by atoms with Gasteiger partial charge in [0, 0.05) is 23.5 Å². The molecule has 4 heterocycles. The molecule has 0 radical (unpaired) electrons. The third-order valence-electron chi connectivity index (χ3n) is 5.40. The number of oxazole rings is 1. The molecule has 1 aliphatic rings. The Morgan fingerprint density at radius 3 is 2.57 bits per heavy atom. The van der Waals surface area contributed by atoms with Gasteiger partial charge in [-0.2, -0.15) is 18.3 Å². The molecule has 0 aliphatic carbocycles. The number of aromatic nitrogens is 4. The number of carbonyl (C=O) groups is 1. The number of rotatable bonds is 3. The van der Waals surface area contributed by atoms with Crippen molar-refractivity contribution in [2.75, 3.05) is 18.8 Å². The number of piperidine rings is 1. The number of benzene rings is 1. The summed E-state index contributed by atoms with van der Waals surface area (Å²) in [5.74, 6) is -2.07. The predicted molar refractivity (Wildman–Crippen MR) is 119 cm³/mol. The average Bonchev–Trinajstić information content (AvgIpc) is 3.48. The maximum absolute atomic E-state index is 10.6. The zero-order valence-electron chi connectivity index (χ0n) is 18.2. The maximum Gasteiger partial charge on any atom is 0.490 e. The second-order valence-electron chi connectivity index (χ2n) is 7.79. The van der Waals surface area contributed by atoms with Gasteiger partial charge in [0.25, 0.3) is 0 Å². The number of nitrogens with one attached hydrogen (secondary N) is 1. The Bertz CT molecular complexity index is 1340. The fourth-order valence-electron chi connectivity index (χ4n) is 3.61. The van der Waals surface area contributed by atoms with Crippen molar-refractivity contribution >= 4 is 22.9 Å². The number of halogens is 3. The lowest BCUT2D eigenvalue weighted by atomic mass is 10.1. The van der Waals surface area contributed by atoms with Gasteiger partial charge in [-0.1, -0.05) is 6.07 Å². The minimum absolute atomic E-state index is 0.0437. The number of phenols is 1. The van der Waals surface area contributed by atoms with Crippen molar-refractivity contribution in [1.82, 2.24) is 25.1 Å². The molecule has 1 aromatic carbocycles. The molecule has 4 aromatic rings. The lowest BCUT2D eigenvalue weighted by Crippen LogP contribution is -2.29. The molecule has 10 nitrogen and oxygen atoms in total. The number of nitrogen functional groups attached to an aromatic ring is 1. The zero-order valence-corrected chi connectivity index (χ0v) is 18.2. The molecule has 13 heteroatoms. The van der Waals surface area contributed by atoms with Crippen LogP contribution in [-0.2, 0) is 4.79 Å². The summed E-state index contributed by atoms with van der Waals surface area (Å²) in [6.07, 6.45) is 2.67. The molecule has 0 unspecified atom stereocenters. The quantitative estimate of drug-likeness (QED) is 0.337. The van der Waals surface area contributed by atoms with Gasteiger partial charge >= 0.3 is 12.1 Å². The summed E-state index contributed by atoms with van der Waals surface area (Å²) < 4.78 is 39.5. The van der Waals surface area contributed by atoms with Gasteiger partial charge < -0.3 is 25.7 Å². The molecule has 3 aromatic heterocycles. The number of carboxylic acids is 1. The monoisotopic (exact) mass is 490 g/mol. The number of para-hydroxylation sites is 1. The molecule has 1 fully saturated rings. The molecular formula is C22H21F3N6O4. The minimum Gasteiger partial charge on any atom is -0.504 e. The van der Waals surface area contributed by atoms with E-state index in [1.807, 2.05) is 23.1 Å². The van der Waals surface area contributed by atoms with E-state index < -0.39 is 12.1 Å². The number of fused-ring (bicyclic) bond motifs is 1. The van der Waals surface area contributed by atoms with Gasteiger partial charge in [-0.25, -0.2) is 14.8 Å². The standard InChI is InChI=1S/C20H20N6O2.C2HF3O2/c21-19-15(20-25-16-2-1-3-17(27)18(16)28-20)8-12(9-23-19)13-10-24-26(11-13)14-4-6-22-7-5-14;3-2(4,5)1(6)7/h1-3,8-11,14,22,27H,4-7H2,(H2,21,23);(H,6,7). The number of alkyl halides is 3. The Morgan fingerprint density at radius 2 is 1.91 bits per heavy atom. The number of phenolic OH excluding ortho intramolecular Hbond substituents is 1. The number of nitrogens with two attached hydrogens (primary N) is 1. The van der Waals surface area contributed by atoms with Gasteiger partial charge in [0.1, 0.15) is 11.3 Å². The number of hydrogen-bond acceptors (Lipinski definition) is 8. The van der Waals surface area contributed by atoms with Crippen molar-refractivity contribution in [3.05, 3.63) is 42.9 Å². The highest BCUT2D eigenvalue weighted by molar-refractivity contribution is 5.84. The van der Waals surface area contributed by atoms with E-state index in [0.29, 0.717) is 34.4 Å². The lowest BCUT2D eigenvalue weighted by molar-refractivity contribution is -0.192. The van der Waals surface area contributed by atoms with Gasteiger partial charge in [0.15, 0.2) is 11.3 Å². The number of hydrogen-bond donors (Lipinski definition) is 4. The number of anilines is 1. The van der Waals surface area contributed by atoms with Gasteiger partial charge in [0.05, 0.1) is 17.8 Å². The first kappa shape index (κ1) is 24.0. The van der Waals surface area contributed by atoms with Crippen molar-refractivity contribution < 1.29 is 32.6 Å². The summed E-state index contributed by atoms with van der Waals surface area (Å²) in [7, 11) is 0. The topological polar surface area (TPSA) is 152 Å². The van der Waals surface area contributed by atoms with Crippen molar-refractivity contribution in [1.29, 1.82) is 0 Å². The van der Waals surface area contributed by atoms with Crippen LogP contribution in [0.3, 0.4) is 0 Å². The Morgan fingerprint density at radius 1 is 1.20 bits per heavy atom. The molecule has 5 rings (SSSR count). The molecule has 0 amide bonds. The van der Waals surface area contributed by atoms with Crippen LogP contribution in [0.15, 0.2) is 47.3 Å². The Kier molecular flexibility index (Phi) is 6.60. The Labute approximate surface area is 196 Å². The highest BCUT2D eigenvalue weighted by Gasteiger charge is 2.38. The first-order valence-electron chi connectivity index (χ1n) is 10.5. The van der Waals surface area contributed by atoms with Crippen LogP contribution in [-0.4, -0.2) is 55.2 Å². The number of aromatic hydroxyl groups is 1. The van der Waals surface area contributed by atoms with Crippen LogP contribution in [0.4, 0.5) is 19.0 Å². The van der Waals surface area contributed by atoms with E-state index in [4.69, 9.17) is 20.1 Å². The van der Waals surface area contributed by atoms with Crippen LogP contribution >= 0.6 is 0 Å². The first-order valence-corrected chi connectivity index (χ1v) is 10.5. The van der Waals surface area contributed by atoms with Crippen LogP contribution in [0.25, 0.3) is 33.7 Å². The van der Waals surface area contributed by atoms with E-state index in [0.717, 1.165) is 37.1 Å². The molecule has 0 bridgehead atoms. The second kappa shape index (κ2) is 9.62. The largest absolute Gasteiger partial charge is 0.504 e. The third kappa shape index (κ3) is 5.35. The van der Waals surface area contributed by atoms with E-state index >= 15 is 0 Å². The maximum atomic E-state index is 10.6. The van der Waals surface area contributed by atoms with E-state index in [-0.39, 0.29) is 5.75 Å². The van der Waals surface area contributed by atoms with Gasteiger partial charge in [0.2, 0.25) is 5.89 Å². The van der Waals surface area contributed by atoms with E-state index in [1.54, 1.807) is 24.4 Å². The van der Waals surface area contributed by atoms with Gasteiger partial charge in [-0.3, -0.25) is 4.68 Å². The Balaban J connectivity index is 0.000000364. The number of nitrogens with zero attached hydrogens (tertiary/aromatic N) is 4. The van der Waals surface area contributed by atoms with Crippen molar-refractivity contribution in [3.8, 4) is 28.3 Å². The number of pyridine rings is 1. The summed E-state index contributed by atoms with van der Waals surface area (Å²) in [4.78, 5) is 17.7. The molecule has 184 valence electrons. The summed E-state index contributed by atoms with van der Waals surface area (Å²) in [6, 6.07) is 7.37. The summed E-state index contributed by atoms with van der Waals surface area (Å²) in [6.45, 7) is 2.02. The van der Waals surface area contributed by atoms with E-state index in [9.17, 15) is 18.3 Å². The first-order chi connectivity index (χ1) is 16.6. The Hall–Kier alpha value is -4.13. The molecule has 35 heavy (non-hydrogen) atoms. The number of aliphatic carboxylic acids is 1. The third-order valence-corrected chi connectivity index (χ3v) is 5.40. The predicted octanol–water partition coefficient (Wildman–Crippen LogP) is 3.60. The summed E-state index contributed by atoms with van der Waals surface area (Å²) in [5, 5.41) is 25.0. The second-order valence-corrected chi connectivity index (χ2v) is 7.79. The molecule has 0 atom stereocenters. The molecule has 1 aliphatic heterocycles. The number of carboxylic acid groups (broad SMARTS) is 1. The van der Waals surface area contributed by atoms with Crippen LogP contribution in [0.1, 0.15) is 18.9 Å². The van der Waals surface area contributed by atoms with Crippen LogP contribution in [0, 0.1) is 0 Å². The normalized spacial score (nSPS) is 14.5. The highest BCUT2D eigenvalue weighted by Crippen LogP contribution is 2.34. The SMILES string of the molecule is Nc1ncc(-c2cnn(C3CCNCC3)c2)cc1-c1nc2cccc(O)c2o1.O=C(O)C(F)(F)F. The zero-order chi connectivity index (χ0) is 25.2. The highest BCUT2D eigenvalue weighted by atomic mass is 19.4. The lowest BCUT2D eigenvalue weighted by Gasteiger charge is -2.22. The molecule has 5 N–H and O–H groups in total. The van der Waals surface area contributed by atoms with Crippen molar-refractivity contribution in [2.45, 2.75) is 25.1 Å². The van der Waals surface area contributed by atoms with E-state index in [2.05, 4.69) is 20.4 Å².